The van der Waals surface area contributed by atoms with E-state index in [0.717, 1.165) is 5.56 Å². The summed E-state index contributed by atoms with van der Waals surface area (Å²) in [5, 5.41) is 8.25. The molecular weight excluding hydrogens is 440 g/mol. The highest BCUT2D eigenvalue weighted by Gasteiger charge is 2.24. The Labute approximate surface area is 217 Å². The van der Waals surface area contributed by atoms with E-state index in [0.29, 0.717) is 31.5 Å². The second-order valence-corrected chi connectivity index (χ2v) is 6.66. The fraction of sp³-hybridized carbons (Fsp3) is 0.679. The van der Waals surface area contributed by atoms with Crippen LogP contribution in [-0.2, 0) is 14.4 Å². The molecule has 1 aromatic rings. The monoisotopic (exact) mass is 498 g/mol. The van der Waals surface area contributed by atoms with E-state index in [-0.39, 0.29) is 23.7 Å². The number of hydrogen-bond acceptors (Lipinski definition) is 4. The largest absolute Gasteiger partial charge is 0.359 e. The third-order valence-electron chi connectivity index (χ3n) is 4.26. The van der Waals surface area contributed by atoms with Crippen LogP contribution in [0.1, 0.15) is 94.6 Å². The Balaban J connectivity index is -0.000000265. The van der Waals surface area contributed by atoms with Crippen molar-refractivity contribution in [1.29, 1.82) is 0 Å². The molecule has 0 aliphatic carbocycles. The lowest BCUT2D eigenvalue weighted by Gasteiger charge is -2.22. The predicted molar refractivity (Wildman–Crippen MR) is 155 cm³/mol. The zero-order chi connectivity index (χ0) is 28.8. The van der Waals surface area contributed by atoms with Gasteiger partial charge in [-0.15, -0.1) is 0 Å². The first kappa shape index (κ1) is 42.7. The molecule has 0 fully saturated rings. The van der Waals surface area contributed by atoms with Crippen molar-refractivity contribution in [3.63, 3.8) is 0 Å². The summed E-state index contributed by atoms with van der Waals surface area (Å²) in [4.78, 5) is 35.2. The molecule has 0 bridgehead atoms. The number of nitrogens with two attached hydrogens (primary N) is 1. The summed E-state index contributed by atoms with van der Waals surface area (Å²) in [6.07, 6.45) is 1.68. The summed E-state index contributed by atoms with van der Waals surface area (Å²) < 4.78 is 0. The quantitative estimate of drug-likeness (QED) is 0.237. The topological polar surface area (TPSA) is 113 Å². The van der Waals surface area contributed by atoms with E-state index < -0.39 is 6.04 Å². The Morgan fingerprint density at radius 2 is 1.31 bits per heavy atom. The van der Waals surface area contributed by atoms with Crippen molar-refractivity contribution in [2.75, 3.05) is 18.9 Å². The zero-order valence-electron chi connectivity index (χ0n) is 25.0. The minimum absolute atomic E-state index is 0.137. The van der Waals surface area contributed by atoms with Crippen LogP contribution >= 0.6 is 0 Å². The summed E-state index contributed by atoms with van der Waals surface area (Å²) in [5.74, 6) is -0.373. The fourth-order valence-electron chi connectivity index (χ4n) is 2.21. The van der Waals surface area contributed by atoms with Gasteiger partial charge in [0, 0.05) is 18.2 Å². The Bertz CT molecular complexity index is 576. The van der Waals surface area contributed by atoms with E-state index in [1.165, 1.54) is 7.05 Å². The molecule has 1 rings (SSSR count). The van der Waals surface area contributed by atoms with Gasteiger partial charge < -0.3 is 21.7 Å². The predicted octanol–water partition coefficient (Wildman–Crippen LogP) is 5.92. The lowest BCUT2D eigenvalue weighted by molar-refractivity contribution is -0.130. The highest BCUT2D eigenvalue weighted by Crippen LogP contribution is 2.13. The van der Waals surface area contributed by atoms with Crippen molar-refractivity contribution in [3.8, 4) is 0 Å². The highest BCUT2D eigenvalue weighted by atomic mass is 16.2. The maximum atomic E-state index is 12.6. The molecule has 1 aromatic carbocycles. The van der Waals surface area contributed by atoms with Crippen molar-refractivity contribution >= 4 is 23.9 Å². The summed E-state index contributed by atoms with van der Waals surface area (Å²) >= 11 is 0. The Kier molecular flexibility index (Phi) is 41.2. The van der Waals surface area contributed by atoms with E-state index in [4.69, 9.17) is 0 Å². The Morgan fingerprint density at radius 3 is 1.71 bits per heavy atom. The first-order valence-corrected chi connectivity index (χ1v) is 13.3. The zero-order valence-corrected chi connectivity index (χ0v) is 25.0. The summed E-state index contributed by atoms with van der Waals surface area (Å²) in [5.41, 5.74) is 6.30. The first-order chi connectivity index (χ1) is 16.8. The number of rotatable bonds is 10. The molecule has 5 N–H and O–H groups in total. The third kappa shape index (κ3) is 24.5. The summed E-state index contributed by atoms with van der Waals surface area (Å²) in [6, 6.07) is 6.85. The number of benzene rings is 1. The van der Waals surface area contributed by atoms with Crippen LogP contribution in [0.15, 0.2) is 24.3 Å². The second-order valence-electron chi connectivity index (χ2n) is 6.66. The van der Waals surface area contributed by atoms with Crippen LogP contribution in [0.3, 0.4) is 0 Å². The molecule has 0 radical (unpaired) electrons. The summed E-state index contributed by atoms with van der Waals surface area (Å²) in [7, 11) is 1.50. The fourth-order valence-corrected chi connectivity index (χ4v) is 2.21. The van der Waals surface area contributed by atoms with E-state index in [1.54, 1.807) is 0 Å². The van der Waals surface area contributed by atoms with Crippen molar-refractivity contribution in [2.45, 2.75) is 102 Å². The molecule has 3 amide bonds. The minimum Gasteiger partial charge on any atom is -0.359 e. The Morgan fingerprint density at radius 1 is 0.857 bits per heavy atom. The normalized spacial score (nSPS) is 10.1. The standard InChI is InChI=1S/C19H29N3O3.4C2H6.CH5N/c1-13(2)15(4)18(24)22-17(6-5-11-20-12-23)19(25)21-16-9-7-14(3)8-10-16;5*1-2/h7-10,12-13,15,17H,5-6,11H2,1-4H3,(H,20,23)(H,21,25)(H,22,24);4*1-2H3;2H2,1H3. The molecule has 0 aliphatic heterocycles. The van der Waals surface area contributed by atoms with Crippen LogP contribution in [0.25, 0.3) is 0 Å². The molecule has 2 atom stereocenters. The molecular formula is C28H58N4O3. The Hall–Kier alpha value is -2.41. The van der Waals surface area contributed by atoms with Crippen LogP contribution in [0.4, 0.5) is 5.69 Å². The van der Waals surface area contributed by atoms with Crippen molar-refractivity contribution in [2.24, 2.45) is 17.6 Å². The smallest absolute Gasteiger partial charge is 0.246 e. The SMILES string of the molecule is CC.CC.CC.CC.CN.Cc1ccc(NC(=O)C(CCCNC=O)NC(=O)C(C)C(C)C)cc1. The van der Waals surface area contributed by atoms with Crippen molar-refractivity contribution < 1.29 is 14.4 Å². The lowest BCUT2D eigenvalue weighted by atomic mass is 9.96. The van der Waals surface area contributed by atoms with Gasteiger partial charge in [0.1, 0.15) is 6.04 Å². The van der Waals surface area contributed by atoms with Crippen molar-refractivity contribution in [1.82, 2.24) is 10.6 Å². The van der Waals surface area contributed by atoms with Crippen LogP contribution in [-0.4, -0.2) is 37.9 Å². The van der Waals surface area contributed by atoms with Gasteiger partial charge in [0.05, 0.1) is 0 Å². The van der Waals surface area contributed by atoms with Crippen molar-refractivity contribution in [3.05, 3.63) is 29.8 Å². The van der Waals surface area contributed by atoms with E-state index >= 15 is 0 Å². The summed E-state index contributed by atoms with van der Waals surface area (Å²) in [6.45, 7) is 24.2. The van der Waals surface area contributed by atoms with Gasteiger partial charge in [0.15, 0.2) is 0 Å². The van der Waals surface area contributed by atoms with Gasteiger partial charge in [0.2, 0.25) is 18.2 Å². The number of amides is 3. The number of carbonyl (C=O) groups is 3. The van der Waals surface area contributed by atoms with Gasteiger partial charge in [-0.3, -0.25) is 14.4 Å². The molecule has 35 heavy (non-hydrogen) atoms. The average molecular weight is 499 g/mol. The van der Waals surface area contributed by atoms with Crippen LogP contribution in [0.2, 0.25) is 0 Å². The number of hydrogen-bond donors (Lipinski definition) is 4. The van der Waals surface area contributed by atoms with Crippen LogP contribution < -0.4 is 21.7 Å². The maximum Gasteiger partial charge on any atom is 0.246 e. The average Bonchev–Trinajstić information content (AvgIpc) is 2.92. The third-order valence-corrected chi connectivity index (χ3v) is 4.26. The van der Waals surface area contributed by atoms with Gasteiger partial charge in [-0.2, -0.15) is 0 Å². The highest BCUT2D eigenvalue weighted by molar-refractivity contribution is 5.97. The number of carbonyl (C=O) groups excluding carboxylic acids is 3. The lowest BCUT2D eigenvalue weighted by Crippen LogP contribution is -2.46. The molecule has 0 spiro atoms. The van der Waals surface area contributed by atoms with Gasteiger partial charge >= 0.3 is 0 Å². The molecule has 2 unspecified atom stereocenters. The molecule has 7 nitrogen and oxygen atoms in total. The number of nitrogens with one attached hydrogen (secondary N) is 3. The van der Waals surface area contributed by atoms with Gasteiger partial charge in [-0.25, -0.2) is 0 Å². The molecule has 7 heteroatoms. The van der Waals surface area contributed by atoms with Crippen LogP contribution in [0.5, 0.6) is 0 Å². The molecule has 0 heterocycles. The molecule has 0 saturated heterocycles. The molecule has 0 saturated carbocycles. The van der Waals surface area contributed by atoms with Gasteiger partial charge in [-0.1, -0.05) is 93.9 Å². The van der Waals surface area contributed by atoms with Crippen LogP contribution in [0, 0.1) is 18.8 Å². The molecule has 0 aliphatic rings. The van der Waals surface area contributed by atoms with Gasteiger partial charge in [0.25, 0.3) is 0 Å². The molecule has 208 valence electrons. The molecule has 0 aromatic heterocycles. The number of aryl methyl sites for hydroxylation is 1. The maximum absolute atomic E-state index is 12.6. The van der Waals surface area contributed by atoms with E-state index in [1.807, 2.05) is 107 Å². The number of anilines is 1. The second kappa shape index (κ2) is 33.8. The van der Waals surface area contributed by atoms with Gasteiger partial charge in [-0.05, 0) is 44.9 Å². The minimum atomic E-state index is -0.636. The van der Waals surface area contributed by atoms with E-state index in [2.05, 4.69) is 21.7 Å². The van der Waals surface area contributed by atoms with E-state index in [9.17, 15) is 14.4 Å². The first-order valence-electron chi connectivity index (χ1n) is 13.3.